The molecular weight excluding hydrogens is 224 g/mol. The van der Waals surface area contributed by atoms with Gasteiger partial charge in [0.25, 0.3) is 0 Å². The Balaban J connectivity index is 2.37. The third-order valence-electron chi connectivity index (χ3n) is 4.06. The number of hydrogen-bond donors (Lipinski definition) is 1. The molecule has 1 aliphatic heterocycles. The third kappa shape index (κ3) is 5.25. The van der Waals surface area contributed by atoms with Crippen LogP contribution in [0.1, 0.15) is 40.5 Å². The quantitative estimate of drug-likeness (QED) is 0.685. The van der Waals surface area contributed by atoms with Gasteiger partial charge in [-0.15, -0.1) is 0 Å². The molecule has 0 saturated carbocycles. The summed E-state index contributed by atoms with van der Waals surface area (Å²) < 4.78 is 5.65. The van der Waals surface area contributed by atoms with Crippen LogP contribution in [-0.4, -0.2) is 50.3 Å². The summed E-state index contributed by atoms with van der Waals surface area (Å²) in [5.74, 6) is 1.47. The van der Waals surface area contributed by atoms with E-state index in [1.165, 1.54) is 25.9 Å². The van der Waals surface area contributed by atoms with Crippen LogP contribution in [0.5, 0.6) is 0 Å². The normalized spacial score (nSPS) is 25.8. The van der Waals surface area contributed by atoms with E-state index >= 15 is 0 Å². The molecule has 0 radical (unpaired) electrons. The van der Waals surface area contributed by atoms with Crippen molar-refractivity contribution in [3.63, 3.8) is 0 Å². The number of rotatable bonds is 9. The van der Waals surface area contributed by atoms with Gasteiger partial charge >= 0.3 is 0 Å². The van der Waals surface area contributed by atoms with Crippen LogP contribution in [0.4, 0.5) is 0 Å². The molecule has 0 amide bonds. The first-order chi connectivity index (χ1) is 8.71. The van der Waals surface area contributed by atoms with Crippen LogP contribution < -0.4 is 5.32 Å². The SMILES string of the molecule is CCCNC1COCC1CN(CC)CC(C)CC. The molecule has 3 unspecified atom stereocenters. The van der Waals surface area contributed by atoms with Crippen molar-refractivity contribution in [1.82, 2.24) is 10.2 Å². The van der Waals surface area contributed by atoms with Gasteiger partial charge in [0.1, 0.15) is 0 Å². The van der Waals surface area contributed by atoms with Crippen molar-refractivity contribution in [3.05, 3.63) is 0 Å². The van der Waals surface area contributed by atoms with Crippen molar-refractivity contribution >= 4 is 0 Å². The first-order valence-electron chi connectivity index (χ1n) is 7.74. The Morgan fingerprint density at radius 3 is 2.67 bits per heavy atom. The molecule has 1 aliphatic rings. The van der Waals surface area contributed by atoms with Crippen LogP contribution >= 0.6 is 0 Å². The van der Waals surface area contributed by atoms with Crippen LogP contribution in [0.2, 0.25) is 0 Å². The van der Waals surface area contributed by atoms with E-state index in [9.17, 15) is 0 Å². The summed E-state index contributed by atoms with van der Waals surface area (Å²) in [5.41, 5.74) is 0. The third-order valence-corrected chi connectivity index (χ3v) is 4.06. The van der Waals surface area contributed by atoms with E-state index in [1.54, 1.807) is 0 Å². The van der Waals surface area contributed by atoms with Gasteiger partial charge in [0, 0.05) is 25.0 Å². The van der Waals surface area contributed by atoms with Crippen molar-refractivity contribution in [1.29, 1.82) is 0 Å². The lowest BCUT2D eigenvalue weighted by Crippen LogP contribution is -2.43. The molecular formula is C15H32N2O. The Morgan fingerprint density at radius 1 is 1.28 bits per heavy atom. The average molecular weight is 256 g/mol. The summed E-state index contributed by atoms with van der Waals surface area (Å²) in [6.45, 7) is 15.6. The van der Waals surface area contributed by atoms with Crippen molar-refractivity contribution in [2.24, 2.45) is 11.8 Å². The highest BCUT2D eigenvalue weighted by Gasteiger charge is 2.29. The Morgan fingerprint density at radius 2 is 2.06 bits per heavy atom. The lowest BCUT2D eigenvalue weighted by atomic mass is 10.0. The number of nitrogens with zero attached hydrogens (tertiary/aromatic N) is 1. The Kier molecular flexibility index (Phi) is 7.87. The fourth-order valence-corrected chi connectivity index (χ4v) is 2.57. The van der Waals surface area contributed by atoms with Gasteiger partial charge in [-0.2, -0.15) is 0 Å². The van der Waals surface area contributed by atoms with E-state index in [-0.39, 0.29) is 0 Å². The highest BCUT2D eigenvalue weighted by molar-refractivity contribution is 4.83. The molecule has 18 heavy (non-hydrogen) atoms. The lowest BCUT2D eigenvalue weighted by Gasteiger charge is -2.28. The van der Waals surface area contributed by atoms with Gasteiger partial charge in [0.15, 0.2) is 0 Å². The first kappa shape index (κ1) is 15.9. The van der Waals surface area contributed by atoms with Gasteiger partial charge in [-0.05, 0) is 25.4 Å². The largest absolute Gasteiger partial charge is 0.379 e. The highest BCUT2D eigenvalue weighted by Crippen LogP contribution is 2.16. The minimum absolute atomic E-state index is 0.566. The van der Waals surface area contributed by atoms with E-state index in [4.69, 9.17) is 4.74 Å². The monoisotopic (exact) mass is 256 g/mol. The Bertz CT molecular complexity index is 211. The van der Waals surface area contributed by atoms with Crippen LogP contribution in [0.3, 0.4) is 0 Å². The molecule has 0 spiro atoms. The molecule has 1 heterocycles. The van der Waals surface area contributed by atoms with Crippen molar-refractivity contribution in [3.8, 4) is 0 Å². The molecule has 1 fully saturated rings. The zero-order valence-corrected chi connectivity index (χ0v) is 12.7. The molecule has 0 aromatic rings. The maximum absolute atomic E-state index is 5.65. The second-order valence-electron chi connectivity index (χ2n) is 5.72. The van der Waals surface area contributed by atoms with Gasteiger partial charge in [-0.3, -0.25) is 0 Å². The fourth-order valence-electron chi connectivity index (χ4n) is 2.57. The van der Waals surface area contributed by atoms with E-state index in [2.05, 4.69) is 37.9 Å². The zero-order valence-electron chi connectivity index (χ0n) is 12.7. The number of nitrogens with one attached hydrogen (secondary N) is 1. The second-order valence-corrected chi connectivity index (χ2v) is 5.72. The summed E-state index contributed by atoms with van der Waals surface area (Å²) in [4.78, 5) is 2.59. The predicted molar refractivity (Wildman–Crippen MR) is 78.0 cm³/mol. The minimum atomic E-state index is 0.566. The van der Waals surface area contributed by atoms with Gasteiger partial charge in [-0.25, -0.2) is 0 Å². The Hall–Kier alpha value is -0.120. The number of hydrogen-bond acceptors (Lipinski definition) is 3. The average Bonchev–Trinajstić information content (AvgIpc) is 2.82. The van der Waals surface area contributed by atoms with Gasteiger partial charge in [0.2, 0.25) is 0 Å². The predicted octanol–water partition coefficient (Wildman–Crippen LogP) is 2.37. The minimum Gasteiger partial charge on any atom is -0.379 e. The number of ether oxygens (including phenoxy) is 1. The molecule has 0 aliphatic carbocycles. The molecule has 0 bridgehead atoms. The van der Waals surface area contributed by atoms with Crippen LogP contribution in [0.15, 0.2) is 0 Å². The summed E-state index contributed by atoms with van der Waals surface area (Å²) in [6.07, 6.45) is 2.47. The molecule has 1 N–H and O–H groups in total. The second kappa shape index (κ2) is 8.89. The van der Waals surface area contributed by atoms with Crippen molar-refractivity contribution in [2.75, 3.05) is 39.4 Å². The van der Waals surface area contributed by atoms with Crippen LogP contribution in [-0.2, 0) is 4.74 Å². The van der Waals surface area contributed by atoms with Gasteiger partial charge in [-0.1, -0.05) is 34.1 Å². The zero-order chi connectivity index (χ0) is 13.4. The van der Waals surface area contributed by atoms with E-state index in [0.29, 0.717) is 12.0 Å². The molecule has 1 rings (SSSR count). The summed E-state index contributed by atoms with van der Waals surface area (Å²) in [7, 11) is 0. The molecule has 108 valence electrons. The van der Waals surface area contributed by atoms with Gasteiger partial charge < -0.3 is 15.0 Å². The highest BCUT2D eigenvalue weighted by atomic mass is 16.5. The molecule has 1 saturated heterocycles. The smallest absolute Gasteiger partial charge is 0.0623 e. The lowest BCUT2D eigenvalue weighted by molar-refractivity contribution is 0.162. The molecule has 0 aromatic carbocycles. The van der Waals surface area contributed by atoms with E-state index in [1.807, 2.05) is 0 Å². The topological polar surface area (TPSA) is 24.5 Å². The summed E-state index contributed by atoms with van der Waals surface area (Å²) in [5, 5.41) is 3.63. The maximum Gasteiger partial charge on any atom is 0.0623 e. The molecule has 3 heteroatoms. The first-order valence-corrected chi connectivity index (χ1v) is 7.74. The van der Waals surface area contributed by atoms with Crippen molar-refractivity contribution in [2.45, 2.75) is 46.6 Å². The van der Waals surface area contributed by atoms with Crippen LogP contribution in [0, 0.1) is 11.8 Å². The standard InChI is InChI=1S/C15H32N2O/c1-5-8-16-15-12-18-11-14(15)10-17(7-3)9-13(4)6-2/h13-16H,5-12H2,1-4H3. The van der Waals surface area contributed by atoms with Crippen LogP contribution in [0.25, 0.3) is 0 Å². The van der Waals surface area contributed by atoms with Crippen molar-refractivity contribution < 1.29 is 4.74 Å². The summed E-state index contributed by atoms with van der Waals surface area (Å²) >= 11 is 0. The fraction of sp³-hybridized carbons (Fsp3) is 1.00. The Labute approximate surface area is 113 Å². The maximum atomic E-state index is 5.65. The molecule has 3 atom stereocenters. The van der Waals surface area contributed by atoms with E-state index in [0.717, 1.165) is 32.2 Å². The molecule has 0 aromatic heterocycles. The summed E-state index contributed by atoms with van der Waals surface area (Å²) in [6, 6.07) is 0.566. The van der Waals surface area contributed by atoms with Gasteiger partial charge in [0.05, 0.1) is 13.2 Å². The molecule has 3 nitrogen and oxygen atoms in total. The van der Waals surface area contributed by atoms with E-state index < -0.39 is 0 Å².